The molecule has 2 aliphatic carbocycles. The van der Waals surface area contributed by atoms with Crippen molar-refractivity contribution in [2.45, 2.75) is 57.6 Å². The topological polar surface area (TPSA) is 78.8 Å². The molecule has 1 aliphatic heterocycles. The van der Waals surface area contributed by atoms with E-state index in [4.69, 9.17) is 4.74 Å². The van der Waals surface area contributed by atoms with Crippen molar-refractivity contribution in [1.82, 2.24) is 5.32 Å². The fourth-order valence-electron chi connectivity index (χ4n) is 5.41. The first-order valence-electron chi connectivity index (χ1n) is 10.9. The molecule has 3 aliphatic rings. The summed E-state index contributed by atoms with van der Waals surface area (Å²) in [6.07, 6.45) is 7.73. The molecule has 0 saturated carbocycles. The molecule has 0 bridgehead atoms. The fourth-order valence-corrected chi connectivity index (χ4v) is 5.41. The standard InChI is InChI=1S/C25H33NO4/c1-16-23-22(21(28)14-24(16,2)29)19(12-17-6-8-18(30-3)9-7-17)20(26-23)13-25(15-27)10-4-5-11-25/h4-9,16,19-20,26-27,29H,10-15H2,1-3H3. The Morgan fingerprint density at radius 2 is 1.87 bits per heavy atom. The number of nitrogens with one attached hydrogen (secondary N) is 1. The third kappa shape index (κ3) is 3.69. The van der Waals surface area contributed by atoms with Crippen molar-refractivity contribution in [3.05, 3.63) is 53.3 Å². The average molecular weight is 412 g/mol. The van der Waals surface area contributed by atoms with Crippen molar-refractivity contribution in [2.24, 2.45) is 17.3 Å². The first kappa shape index (κ1) is 21.1. The lowest BCUT2D eigenvalue weighted by molar-refractivity contribution is -0.123. The van der Waals surface area contributed by atoms with Crippen LogP contribution in [0.5, 0.6) is 5.75 Å². The molecule has 4 rings (SSSR count). The average Bonchev–Trinajstić information content (AvgIpc) is 3.33. The molecule has 3 N–H and O–H groups in total. The number of methoxy groups -OCH3 is 1. The predicted octanol–water partition coefficient (Wildman–Crippen LogP) is 3.16. The zero-order valence-corrected chi connectivity index (χ0v) is 18.1. The number of carbonyl (C=O) groups excluding carboxylic acids is 1. The van der Waals surface area contributed by atoms with Crippen LogP contribution < -0.4 is 10.1 Å². The molecule has 4 atom stereocenters. The van der Waals surface area contributed by atoms with Gasteiger partial charge in [0.2, 0.25) is 0 Å². The summed E-state index contributed by atoms with van der Waals surface area (Å²) in [5.41, 5.74) is 1.71. The Hall–Kier alpha value is -2.11. The van der Waals surface area contributed by atoms with E-state index < -0.39 is 5.60 Å². The number of Topliss-reactive ketones (excluding diaryl/α,β-unsaturated/α-hetero) is 1. The van der Waals surface area contributed by atoms with E-state index >= 15 is 0 Å². The molecule has 5 heteroatoms. The SMILES string of the molecule is COc1ccc(CC2C3=C(NC2CC2(CO)CC=CC2)C(C)C(C)(O)CC3=O)cc1. The van der Waals surface area contributed by atoms with E-state index in [2.05, 4.69) is 29.6 Å². The molecule has 1 aromatic carbocycles. The van der Waals surface area contributed by atoms with E-state index in [-0.39, 0.29) is 42.1 Å². The van der Waals surface area contributed by atoms with Crippen LogP contribution in [0.2, 0.25) is 0 Å². The van der Waals surface area contributed by atoms with Gasteiger partial charge in [0, 0.05) is 47.6 Å². The zero-order valence-electron chi connectivity index (χ0n) is 18.1. The van der Waals surface area contributed by atoms with Crippen molar-refractivity contribution in [2.75, 3.05) is 13.7 Å². The Morgan fingerprint density at radius 3 is 2.47 bits per heavy atom. The third-order valence-electron chi connectivity index (χ3n) is 7.54. The van der Waals surface area contributed by atoms with E-state index in [1.54, 1.807) is 14.0 Å². The minimum atomic E-state index is -1.04. The Kier molecular flexibility index (Phi) is 5.54. The number of hydrogen-bond acceptors (Lipinski definition) is 5. The molecule has 0 aromatic heterocycles. The number of aliphatic hydroxyl groups excluding tert-OH is 1. The summed E-state index contributed by atoms with van der Waals surface area (Å²) in [7, 11) is 1.65. The molecule has 4 unspecified atom stereocenters. The van der Waals surface area contributed by atoms with Gasteiger partial charge in [-0.3, -0.25) is 4.79 Å². The molecule has 0 saturated heterocycles. The second-order valence-corrected chi connectivity index (χ2v) is 9.66. The quantitative estimate of drug-likeness (QED) is 0.627. The molecule has 30 heavy (non-hydrogen) atoms. The van der Waals surface area contributed by atoms with Crippen molar-refractivity contribution in [3.8, 4) is 5.75 Å². The summed E-state index contributed by atoms with van der Waals surface area (Å²) in [6.45, 7) is 3.89. The van der Waals surface area contributed by atoms with Gasteiger partial charge in [-0.2, -0.15) is 0 Å². The molecule has 0 fully saturated rings. The van der Waals surface area contributed by atoms with Crippen molar-refractivity contribution < 1.29 is 19.7 Å². The maximum atomic E-state index is 13.1. The molecule has 1 aromatic rings. The second-order valence-electron chi connectivity index (χ2n) is 9.66. The summed E-state index contributed by atoms with van der Waals surface area (Å²) in [5, 5.41) is 24.6. The number of benzene rings is 1. The van der Waals surface area contributed by atoms with E-state index in [1.807, 2.05) is 19.1 Å². The van der Waals surface area contributed by atoms with E-state index in [0.717, 1.165) is 48.3 Å². The van der Waals surface area contributed by atoms with Crippen molar-refractivity contribution in [1.29, 1.82) is 0 Å². The summed E-state index contributed by atoms with van der Waals surface area (Å²) >= 11 is 0. The van der Waals surface area contributed by atoms with E-state index in [9.17, 15) is 15.0 Å². The highest BCUT2D eigenvalue weighted by atomic mass is 16.5. The molecule has 162 valence electrons. The Balaban J connectivity index is 1.66. The third-order valence-corrected chi connectivity index (χ3v) is 7.54. The van der Waals surface area contributed by atoms with Gasteiger partial charge in [0.15, 0.2) is 5.78 Å². The first-order chi connectivity index (χ1) is 14.3. The Bertz CT molecular complexity index is 860. The molecular weight excluding hydrogens is 378 g/mol. The first-order valence-corrected chi connectivity index (χ1v) is 10.9. The number of ether oxygens (including phenoxy) is 1. The van der Waals surface area contributed by atoms with Crippen molar-refractivity contribution in [3.63, 3.8) is 0 Å². The summed E-state index contributed by atoms with van der Waals surface area (Å²) in [4.78, 5) is 13.1. The minimum Gasteiger partial charge on any atom is -0.497 e. The van der Waals surface area contributed by atoms with Crippen LogP contribution in [0.25, 0.3) is 0 Å². The lowest BCUT2D eigenvalue weighted by atomic mass is 9.71. The van der Waals surface area contributed by atoms with Crippen LogP contribution in [0.15, 0.2) is 47.7 Å². The number of hydrogen-bond donors (Lipinski definition) is 3. The number of carbonyl (C=O) groups is 1. The van der Waals surface area contributed by atoms with Gasteiger partial charge in [-0.05, 0) is 50.3 Å². The van der Waals surface area contributed by atoms with Crippen LogP contribution in [0.3, 0.4) is 0 Å². The number of allylic oxidation sites excluding steroid dienone is 2. The number of ketones is 1. The van der Waals surface area contributed by atoms with Crippen LogP contribution in [-0.2, 0) is 11.2 Å². The van der Waals surface area contributed by atoms with E-state index in [1.165, 1.54) is 0 Å². The Morgan fingerprint density at radius 1 is 1.20 bits per heavy atom. The molecule has 0 amide bonds. The molecular formula is C25H33NO4. The molecule has 5 nitrogen and oxygen atoms in total. The smallest absolute Gasteiger partial charge is 0.163 e. The van der Waals surface area contributed by atoms with Gasteiger partial charge in [-0.15, -0.1) is 0 Å². The van der Waals surface area contributed by atoms with Crippen LogP contribution in [0, 0.1) is 17.3 Å². The highest BCUT2D eigenvalue weighted by Gasteiger charge is 2.50. The highest BCUT2D eigenvalue weighted by Crippen LogP contribution is 2.47. The summed E-state index contributed by atoms with van der Waals surface area (Å²) < 4.78 is 5.28. The maximum absolute atomic E-state index is 13.1. The van der Waals surface area contributed by atoms with Gasteiger partial charge < -0.3 is 20.3 Å². The van der Waals surface area contributed by atoms with Gasteiger partial charge >= 0.3 is 0 Å². The largest absolute Gasteiger partial charge is 0.497 e. The van der Waals surface area contributed by atoms with Gasteiger partial charge in [0.25, 0.3) is 0 Å². The molecule has 0 radical (unpaired) electrons. The minimum absolute atomic E-state index is 0.0310. The number of aliphatic hydroxyl groups is 2. The normalized spacial score (nSPS) is 32.3. The zero-order chi connectivity index (χ0) is 21.5. The second kappa shape index (κ2) is 7.86. The van der Waals surface area contributed by atoms with Crippen LogP contribution in [-0.4, -0.2) is 41.4 Å². The molecule has 0 spiro atoms. The molecule has 1 heterocycles. The maximum Gasteiger partial charge on any atom is 0.163 e. The monoisotopic (exact) mass is 411 g/mol. The predicted molar refractivity (Wildman–Crippen MR) is 116 cm³/mol. The van der Waals surface area contributed by atoms with Crippen molar-refractivity contribution >= 4 is 5.78 Å². The number of rotatable bonds is 6. The Labute approximate surface area is 178 Å². The van der Waals surface area contributed by atoms with Gasteiger partial charge in [-0.25, -0.2) is 0 Å². The van der Waals surface area contributed by atoms with Crippen LogP contribution in [0.1, 0.15) is 45.1 Å². The lowest BCUT2D eigenvalue weighted by Gasteiger charge is -2.35. The van der Waals surface area contributed by atoms with Crippen LogP contribution in [0.4, 0.5) is 0 Å². The summed E-state index contributed by atoms with van der Waals surface area (Å²) in [5.74, 6) is 0.766. The highest BCUT2D eigenvalue weighted by molar-refractivity contribution is 5.99. The summed E-state index contributed by atoms with van der Waals surface area (Å²) in [6, 6.07) is 8.08. The van der Waals surface area contributed by atoms with Crippen LogP contribution >= 0.6 is 0 Å². The van der Waals surface area contributed by atoms with Gasteiger partial charge in [0.1, 0.15) is 5.75 Å². The lowest BCUT2D eigenvalue weighted by Crippen LogP contribution is -2.43. The van der Waals surface area contributed by atoms with Gasteiger partial charge in [-0.1, -0.05) is 31.2 Å². The fraction of sp³-hybridized carbons (Fsp3) is 0.560. The van der Waals surface area contributed by atoms with E-state index in [0.29, 0.717) is 0 Å². The van der Waals surface area contributed by atoms with Gasteiger partial charge in [0.05, 0.1) is 12.7 Å².